The minimum atomic E-state index is -0.184. The predicted molar refractivity (Wildman–Crippen MR) is 102 cm³/mol. The average molecular weight is 353 g/mol. The van der Waals surface area contributed by atoms with Gasteiger partial charge in [-0.2, -0.15) is 0 Å². The van der Waals surface area contributed by atoms with Crippen LogP contribution in [0, 0.1) is 4.77 Å². The number of amides is 1. The first-order chi connectivity index (χ1) is 12.0. The van der Waals surface area contributed by atoms with Crippen molar-refractivity contribution in [3.63, 3.8) is 0 Å². The third-order valence-corrected chi connectivity index (χ3v) is 4.47. The first-order valence-electron chi connectivity index (χ1n) is 8.16. The van der Waals surface area contributed by atoms with Crippen molar-refractivity contribution in [1.82, 2.24) is 14.9 Å². The van der Waals surface area contributed by atoms with E-state index in [0.29, 0.717) is 26.9 Å². The largest absolute Gasteiger partial charge is 0.350 e. The van der Waals surface area contributed by atoms with Crippen molar-refractivity contribution in [2.24, 2.45) is 0 Å². The Hall–Kier alpha value is -2.73. The van der Waals surface area contributed by atoms with Gasteiger partial charge in [0, 0.05) is 11.6 Å². The highest BCUT2D eigenvalue weighted by Crippen LogP contribution is 2.12. The number of hydrogen-bond donors (Lipinski definition) is 2. The smallest absolute Gasteiger partial charge is 0.266 e. The molecular formula is C19H19N3O2S. The summed E-state index contributed by atoms with van der Waals surface area (Å²) >= 11 is 5.33. The van der Waals surface area contributed by atoms with Gasteiger partial charge in [0.15, 0.2) is 4.77 Å². The number of hydrogen-bond acceptors (Lipinski definition) is 3. The van der Waals surface area contributed by atoms with Crippen molar-refractivity contribution in [1.29, 1.82) is 0 Å². The number of H-pyrrole nitrogens is 1. The molecule has 1 aromatic heterocycles. The number of fused-ring (bicyclic) bond motifs is 1. The molecule has 0 spiro atoms. The van der Waals surface area contributed by atoms with Crippen LogP contribution in [0.3, 0.4) is 0 Å². The van der Waals surface area contributed by atoms with Crippen molar-refractivity contribution in [3.8, 4) is 5.69 Å². The Balaban J connectivity index is 2.01. The van der Waals surface area contributed by atoms with E-state index >= 15 is 0 Å². The van der Waals surface area contributed by atoms with Gasteiger partial charge < -0.3 is 10.3 Å². The zero-order valence-corrected chi connectivity index (χ0v) is 14.9. The van der Waals surface area contributed by atoms with Crippen molar-refractivity contribution < 1.29 is 4.79 Å². The average Bonchev–Trinajstić information content (AvgIpc) is 2.62. The quantitative estimate of drug-likeness (QED) is 0.705. The fourth-order valence-electron chi connectivity index (χ4n) is 2.57. The molecule has 1 heterocycles. The molecule has 1 atom stereocenters. The summed E-state index contributed by atoms with van der Waals surface area (Å²) in [6, 6.07) is 14.2. The Morgan fingerprint density at radius 2 is 1.88 bits per heavy atom. The third kappa shape index (κ3) is 3.39. The molecule has 0 saturated carbocycles. The van der Waals surface area contributed by atoms with Gasteiger partial charge in [-0.15, -0.1) is 0 Å². The van der Waals surface area contributed by atoms with Gasteiger partial charge in [0.1, 0.15) is 0 Å². The molecule has 128 valence electrons. The molecule has 0 bridgehead atoms. The van der Waals surface area contributed by atoms with Gasteiger partial charge in [-0.3, -0.25) is 14.2 Å². The van der Waals surface area contributed by atoms with Crippen molar-refractivity contribution in [2.45, 2.75) is 26.3 Å². The van der Waals surface area contributed by atoms with Crippen molar-refractivity contribution in [3.05, 3.63) is 69.2 Å². The molecule has 0 aliphatic carbocycles. The van der Waals surface area contributed by atoms with E-state index in [1.807, 2.05) is 32.0 Å². The Morgan fingerprint density at radius 1 is 1.20 bits per heavy atom. The molecule has 0 aliphatic heterocycles. The monoisotopic (exact) mass is 353 g/mol. The third-order valence-electron chi connectivity index (χ3n) is 4.18. The molecule has 0 aliphatic rings. The van der Waals surface area contributed by atoms with Crippen LogP contribution in [0.25, 0.3) is 16.6 Å². The van der Waals surface area contributed by atoms with Crippen LogP contribution in [-0.2, 0) is 0 Å². The number of aromatic nitrogens is 2. The minimum absolute atomic E-state index is 0.115. The number of carbonyl (C=O) groups is 1. The zero-order chi connectivity index (χ0) is 18.0. The van der Waals surface area contributed by atoms with Crippen LogP contribution in [0.2, 0.25) is 0 Å². The highest BCUT2D eigenvalue weighted by atomic mass is 32.1. The van der Waals surface area contributed by atoms with E-state index in [2.05, 4.69) is 10.3 Å². The molecule has 2 aromatic carbocycles. The summed E-state index contributed by atoms with van der Waals surface area (Å²) in [6.45, 7) is 3.97. The van der Waals surface area contributed by atoms with E-state index in [-0.39, 0.29) is 17.5 Å². The lowest BCUT2D eigenvalue weighted by Crippen LogP contribution is -2.31. The summed E-state index contributed by atoms with van der Waals surface area (Å²) in [6.07, 6.45) is 0.867. The molecule has 6 heteroatoms. The number of para-hydroxylation sites is 1. The fourth-order valence-corrected chi connectivity index (χ4v) is 2.87. The molecule has 1 amide bonds. The Morgan fingerprint density at radius 3 is 2.56 bits per heavy atom. The maximum Gasteiger partial charge on any atom is 0.266 e. The van der Waals surface area contributed by atoms with E-state index in [9.17, 15) is 9.59 Å². The standard InChI is InChI=1S/C19H19N3O2S/c1-3-12(2)20-17(23)13-8-10-14(11-9-13)22-18(24)15-6-4-5-7-16(15)21-19(22)25/h4-12H,3H2,1-2H3,(H,20,23)(H,21,25)/t12-/m0/s1. The zero-order valence-electron chi connectivity index (χ0n) is 14.1. The summed E-state index contributed by atoms with van der Waals surface area (Å²) in [5.41, 5.74) is 1.69. The van der Waals surface area contributed by atoms with Crippen LogP contribution < -0.4 is 10.9 Å². The lowest BCUT2D eigenvalue weighted by molar-refractivity contribution is 0.0939. The molecule has 2 N–H and O–H groups in total. The molecular weight excluding hydrogens is 334 g/mol. The Kier molecular flexibility index (Phi) is 4.81. The molecule has 5 nitrogen and oxygen atoms in total. The number of nitrogens with zero attached hydrogens (tertiary/aromatic N) is 1. The van der Waals surface area contributed by atoms with E-state index in [4.69, 9.17) is 12.2 Å². The molecule has 3 aromatic rings. The fraction of sp³-hybridized carbons (Fsp3) is 0.211. The minimum Gasteiger partial charge on any atom is -0.350 e. The second-order valence-electron chi connectivity index (χ2n) is 5.95. The van der Waals surface area contributed by atoms with Crippen LogP contribution in [-0.4, -0.2) is 21.5 Å². The van der Waals surface area contributed by atoms with E-state index in [1.54, 1.807) is 30.3 Å². The van der Waals surface area contributed by atoms with Crippen LogP contribution in [0.4, 0.5) is 0 Å². The molecule has 0 unspecified atom stereocenters. The van der Waals surface area contributed by atoms with Gasteiger partial charge in [0.05, 0.1) is 16.6 Å². The summed E-state index contributed by atoms with van der Waals surface area (Å²) in [4.78, 5) is 28.0. The highest BCUT2D eigenvalue weighted by molar-refractivity contribution is 7.71. The number of carbonyl (C=O) groups excluding carboxylic acids is 1. The van der Waals surface area contributed by atoms with Gasteiger partial charge in [-0.25, -0.2) is 0 Å². The summed E-state index contributed by atoms with van der Waals surface area (Å²) < 4.78 is 1.76. The maximum atomic E-state index is 12.7. The Labute approximate surface area is 150 Å². The number of benzene rings is 2. The molecule has 25 heavy (non-hydrogen) atoms. The van der Waals surface area contributed by atoms with Crippen molar-refractivity contribution >= 4 is 29.0 Å². The SMILES string of the molecule is CC[C@H](C)NC(=O)c1ccc(-n2c(=S)[nH]c3ccccc3c2=O)cc1. The normalized spacial score (nSPS) is 12.1. The number of aromatic amines is 1. The van der Waals surface area contributed by atoms with Crippen molar-refractivity contribution in [2.75, 3.05) is 0 Å². The van der Waals surface area contributed by atoms with E-state index in [0.717, 1.165) is 6.42 Å². The van der Waals surface area contributed by atoms with Gasteiger partial charge in [-0.05, 0) is 62.0 Å². The summed E-state index contributed by atoms with van der Waals surface area (Å²) in [5, 5.41) is 3.48. The van der Waals surface area contributed by atoms with Gasteiger partial charge >= 0.3 is 0 Å². The molecule has 0 saturated heterocycles. The maximum absolute atomic E-state index is 12.7. The van der Waals surface area contributed by atoms with Crippen LogP contribution in [0.1, 0.15) is 30.6 Å². The number of rotatable bonds is 4. The summed E-state index contributed by atoms with van der Waals surface area (Å²) in [7, 11) is 0. The van der Waals surface area contributed by atoms with Crippen LogP contribution >= 0.6 is 12.2 Å². The highest BCUT2D eigenvalue weighted by Gasteiger charge is 2.10. The van der Waals surface area contributed by atoms with Gasteiger partial charge in [-0.1, -0.05) is 19.1 Å². The van der Waals surface area contributed by atoms with Crippen LogP contribution in [0.5, 0.6) is 0 Å². The van der Waals surface area contributed by atoms with Gasteiger partial charge in [0.25, 0.3) is 11.5 Å². The summed E-state index contributed by atoms with van der Waals surface area (Å²) in [5.74, 6) is -0.128. The van der Waals surface area contributed by atoms with E-state index < -0.39 is 0 Å². The number of nitrogens with one attached hydrogen (secondary N) is 2. The second kappa shape index (κ2) is 7.03. The topological polar surface area (TPSA) is 66.9 Å². The molecule has 0 radical (unpaired) electrons. The first kappa shape index (κ1) is 17.1. The lowest BCUT2D eigenvalue weighted by atomic mass is 10.1. The first-order valence-corrected chi connectivity index (χ1v) is 8.57. The molecule has 0 fully saturated rings. The molecule has 3 rings (SSSR count). The predicted octanol–water partition coefficient (Wildman–Crippen LogP) is 3.58. The second-order valence-corrected chi connectivity index (χ2v) is 6.33. The van der Waals surface area contributed by atoms with E-state index in [1.165, 1.54) is 4.57 Å². The van der Waals surface area contributed by atoms with Gasteiger partial charge in [0.2, 0.25) is 0 Å². The Bertz CT molecular complexity index is 1030. The lowest BCUT2D eigenvalue weighted by Gasteiger charge is -2.12. The van der Waals surface area contributed by atoms with Crippen LogP contribution in [0.15, 0.2) is 53.3 Å².